The fraction of sp³-hybridized carbons (Fsp3) is 0.312. The van der Waals surface area contributed by atoms with Crippen molar-refractivity contribution in [2.75, 3.05) is 0 Å². The van der Waals surface area contributed by atoms with E-state index in [9.17, 15) is 0 Å². The Bertz CT molecular complexity index is 473. The first kappa shape index (κ1) is 9.89. The fourth-order valence-corrected chi connectivity index (χ4v) is 2.78. The van der Waals surface area contributed by atoms with E-state index in [1.807, 2.05) is 0 Å². The lowest BCUT2D eigenvalue weighted by Gasteiger charge is -2.22. The summed E-state index contributed by atoms with van der Waals surface area (Å²) >= 11 is 0. The minimum atomic E-state index is 1.30. The molecule has 0 atom stereocenters. The normalized spacial score (nSPS) is 17.8. The summed E-state index contributed by atoms with van der Waals surface area (Å²) in [5.74, 6) is 1.67. The van der Waals surface area contributed by atoms with Gasteiger partial charge in [0.05, 0.1) is 0 Å². The van der Waals surface area contributed by atoms with Crippen LogP contribution >= 0.6 is 0 Å². The molecule has 0 amide bonds. The monoisotopic (exact) mass is 209 g/mol. The molecule has 0 heterocycles. The largest absolute Gasteiger partial charge is 0.0616 e. The van der Waals surface area contributed by atoms with E-state index in [2.05, 4.69) is 42.5 Å². The number of rotatable bonds is 1. The molecule has 3 rings (SSSR count). The molecule has 1 radical (unpaired) electrons. The Balaban J connectivity index is 2.08. The van der Waals surface area contributed by atoms with Crippen LogP contribution in [0.3, 0.4) is 0 Å². The van der Waals surface area contributed by atoms with E-state index in [4.69, 9.17) is 0 Å². The topological polar surface area (TPSA) is 0 Å². The van der Waals surface area contributed by atoms with Gasteiger partial charge in [-0.15, -0.1) is 0 Å². The van der Waals surface area contributed by atoms with Gasteiger partial charge in [-0.05, 0) is 29.2 Å². The molecule has 0 saturated heterocycles. The SMILES string of the molecule is c1ccc2c([C]3CCCCC3)cccc2c1. The van der Waals surface area contributed by atoms with Gasteiger partial charge in [0.1, 0.15) is 0 Å². The summed E-state index contributed by atoms with van der Waals surface area (Å²) in [5, 5.41) is 2.81. The second-order valence-electron chi connectivity index (χ2n) is 4.69. The highest BCUT2D eigenvalue weighted by Crippen LogP contribution is 2.35. The van der Waals surface area contributed by atoms with E-state index in [0.29, 0.717) is 0 Å². The maximum Gasteiger partial charge on any atom is 0.00561 e. The highest BCUT2D eigenvalue weighted by Gasteiger charge is 2.17. The molecule has 0 nitrogen and oxygen atoms in total. The zero-order chi connectivity index (χ0) is 10.8. The molecule has 0 spiro atoms. The summed E-state index contributed by atoms with van der Waals surface area (Å²) in [6.45, 7) is 0. The van der Waals surface area contributed by atoms with Gasteiger partial charge in [0.2, 0.25) is 0 Å². The third kappa shape index (κ3) is 1.73. The van der Waals surface area contributed by atoms with Gasteiger partial charge < -0.3 is 0 Å². The van der Waals surface area contributed by atoms with Crippen molar-refractivity contribution in [2.45, 2.75) is 32.1 Å². The Morgan fingerprint density at radius 2 is 1.44 bits per heavy atom. The van der Waals surface area contributed by atoms with Crippen molar-refractivity contribution in [3.63, 3.8) is 0 Å². The van der Waals surface area contributed by atoms with Gasteiger partial charge in [-0.3, -0.25) is 0 Å². The summed E-state index contributed by atoms with van der Waals surface area (Å²) in [5.41, 5.74) is 1.50. The van der Waals surface area contributed by atoms with Gasteiger partial charge in [-0.1, -0.05) is 61.7 Å². The molecule has 16 heavy (non-hydrogen) atoms. The average Bonchev–Trinajstić information content (AvgIpc) is 2.39. The maximum atomic E-state index is 2.29. The molecular weight excluding hydrogens is 192 g/mol. The predicted octanol–water partition coefficient (Wildman–Crippen LogP) is 4.73. The molecular formula is C16H17. The summed E-state index contributed by atoms with van der Waals surface area (Å²) in [7, 11) is 0. The highest BCUT2D eigenvalue weighted by atomic mass is 14.2. The van der Waals surface area contributed by atoms with Crippen LogP contribution in [-0.4, -0.2) is 0 Å². The Morgan fingerprint density at radius 1 is 0.688 bits per heavy atom. The predicted molar refractivity (Wildman–Crippen MR) is 69.4 cm³/mol. The van der Waals surface area contributed by atoms with Gasteiger partial charge in [0, 0.05) is 5.92 Å². The summed E-state index contributed by atoms with van der Waals surface area (Å²) in [6, 6.07) is 15.4. The van der Waals surface area contributed by atoms with Crippen molar-refractivity contribution in [2.24, 2.45) is 0 Å². The average molecular weight is 209 g/mol. The Hall–Kier alpha value is -1.30. The molecule has 0 unspecified atom stereocenters. The van der Waals surface area contributed by atoms with Gasteiger partial charge in [0.15, 0.2) is 0 Å². The van der Waals surface area contributed by atoms with E-state index in [0.717, 1.165) is 0 Å². The molecule has 0 aliphatic heterocycles. The zero-order valence-corrected chi connectivity index (χ0v) is 9.58. The molecule has 1 fully saturated rings. The maximum absolute atomic E-state index is 2.29. The summed E-state index contributed by atoms with van der Waals surface area (Å²) in [4.78, 5) is 0. The van der Waals surface area contributed by atoms with Crippen LogP contribution in [0.4, 0.5) is 0 Å². The lowest BCUT2D eigenvalue weighted by Crippen LogP contribution is -2.05. The number of benzene rings is 2. The van der Waals surface area contributed by atoms with Crippen molar-refractivity contribution in [1.29, 1.82) is 0 Å². The molecule has 0 heteroatoms. The van der Waals surface area contributed by atoms with Crippen LogP contribution < -0.4 is 0 Å². The molecule has 1 aliphatic carbocycles. The smallest absolute Gasteiger partial charge is 0.00561 e. The quantitative estimate of drug-likeness (QED) is 0.637. The Labute approximate surface area is 97.3 Å². The van der Waals surface area contributed by atoms with Crippen LogP contribution in [0, 0.1) is 5.92 Å². The molecule has 0 N–H and O–H groups in total. The molecule has 0 aromatic heterocycles. The zero-order valence-electron chi connectivity index (χ0n) is 9.58. The van der Waals surface area contributed by atoms with Gasteiger partial charge in [0.25, 0.3) is 0 Å². The fourth-order valence-electron chi connectivity index (χ4n) is 2.78. The lowest BCUT2D eigenvalue weighted by atomic mass is 9.82. The molecule has 2 aromatic rings. The first-order valence-electron chi connectivity index (χ1n) is 6.28. The third-order valence-electron chi connectivity index (χ3n) is 3.63. The van der Waals surface area contributed by atoms with Crippen molar-refractivity contribution in [1.82, 2.24) is 0 Å². The number of hydrogen-bond donors (Lipinski definition) is 0. The van der Waals surface area contributed by atoms with E-state index in [-0.39, 0.29) is 0 Å². The highest BCUT2D eigenvalue weighted by molar-refractivity contribution is 5.87. The van der Waals surface area contributed by atoms with Crippen molar-refractivity contribution in [3.05, 3.63) is 53.9 Å². The first-order valence-corrected chi connectivity index (χ1v) is 6.28. The first-order chi connectivity index (χ1) is 7.95. The standard InChI is InChI=1S/C16H17/c1-2-7-13(8-3-1)16-12-6-10-14-9-4-5-11-15(14)16/h4-6,9-12H,1-3,7-8H2. The summed E-state index contributed by atoms with van der Waals surface area (Å²) in [6.07, 6.45) is 6.76. The van der Waals surface area contributed by atoms with Crippen molar-refractivity contribution >= 4 is 10.8 Å². The lowest BCUT2D eigenvalue weighted by molar-refractivity contribution is 0.552. The van der Waals surface area contributed by atoms with Gasteiger partial charge in [-0.25, -0.2) is 0 Å². The number of fused-ring (bicyclic) bond motifs is 1. The van der Waals surface area contributed by atoms with Crippen molar-refractivity contribution < 1.29 is 0 Å². The van der Waals surface area contributed by atoms with E-state index in [1.165, 1.54) is 48.4 Å². The van der Waals surface area contributed by atoms with Crippen molar-refractivity contribution in [3.8, 4) is 0 Å². The molecule has 1 saturated carbocycles. The Kier molecular flexibility index (Phi) is 2.65. The third-order valence-corrected chi connectivity index (χ3v) is 3.63. The van der Waals surface area contributed by atoms with Gasteiger partial charge >= 0.3 is 0 Å². The minimum Gasteiger partial charge on any atom is -0.0616 e. The van der Waals surface area contributed by atoms with Crippen LogP contribution in [0.25, 0.3) is 10.8 Å². The van der Waals surface area contributed by atoms with E-state index >= 15 is 0 Å². The van der Waals surface area contributed by atoms with Crippen LogP contribution in [-0.2, 0) is 0 Å². The van der Waals surface area contributed by atoms with Gasteiger partial charge in [-0.2, -0.15) is 0 Å². The van der Waals surface area contributed by atoms with Crippen LogP contribution in [0.1, 0.15) is 37.7 Å². The Morgan fingerprint density at radius 3 is 2.31 bits per heavy atom. The second-order valence-corrected chi connectivity index (χ2v) is 4.69. The number of hydrogen-bond acceptors (Lipinski definition) is 0. The van der Waals surface area contributed by atoms with E-state index in [1.54, 1.807) is 5.92 Å². The van der Waals surface area contributed by atoms with E-state index < -0.39 is 0 Å². The molecule has 0 bridgehead atoms. The molecule has 1 aliphatic rings. The second kappa shape index (κ2) is 4.29. The minimum absolute atomic E-state index is 1.30. The molecule has 81 valence electrons. The van der Waals surface area contributed by atoms with Crippen LogP contribution in [0.2, 0.25) is 0 Å². The van der Waals surface area contributed by atoms with Crippen LogP contribution in [0.5, 0.6) is 0 Å². The molecule has 2 aromatic carbocycles. The van der Waals surface area contributed by atoms with Crippen LogP contribution in [0.15, 0.2) is 42.5 Å². The summed E-state index contributed by atoms with van der Waals surface area (Å²) < 4.78 is 0.